The van der Waals surface area contributed by atoms with E-state index < -0.39 is 0 Å². The summed E-state index contributed by atoms with van der Waals surface area (Å²) in [6.45, 7) is 6.05. The molecule has 0 bridgehead atoms. The first-order valence-electron chi connectivity index (χ1n) is 11.0. The maximum Gasteiger partial charge on any atom is 0.170 e. The molecule has 0 unspecified atom stereocenters. The molecule has 0 saturated carbocycles. The SMILES string of the molecule is Cc1cc([C@H]2[C@@H](c3ccccn3)NC(=S)N2CCCN(C)C)c(C)n1-c1ccccc1O. The van der Waals surface area contributed by atoms with Crippen molar-refractivity contribution >= 4 is 17.3 Å². The average molecular weight is 450 g/mol. The summed E-state index contributed by atoms with van der Waals surface area (Å²) < 4.78 is 2.12. The summed E-state index contributed by atoms with van der Waals surface area (Å²) in [5.41, 5.74) is 5.13. The highest BCUT2D eigenvalue weighted by molar-refractivity contribution is 7.80. The van der Waals surface area contributed by atoms with Crippen molar-refractivity contribution in [3.8, 4) is 11.4 Å². The van der Waals surface area contributed by atoms with E-state index in [4.69, 9.17) is 12.2 Å². The third-order valence-corrected chi connectivity index (χ3v) is 6.47. The molecule has 2 N–H and O–H groups in total. The number of thiocarbonyl (C=S) groups is 1. The van der Waals surface area contributed by atoms with E-state index in [2.05, 4.69) is 64.7 Å². The molecular formula is C25H31N5OS. The molecule has 1 saturated heterocycles. The Hall–Kier alpha value is -2.90. The van der Waals surface area contributed by atoms with Gasteiger partial charge in [0.1, 0.15) is 5.75 Å². The van der Waals surface area contributed by atoms with Crippen LogP contribution in [0.4, 0.5) is 0 Å². The van der Waals surface area contributed by atoms with Crippen molar-refractivity contribution < 1.29 is 5.11 Å². The number of aromatic hydroxyl groups is 1. The van der Waals surface area contributed by atoms with Crippen molar-refractivity contribution in [3.05, 3.63) is 77.4 Å². The molecule has 2 aromatic heterocycles. The molecule has 3 heterocycles. The van der Waals surface area contributed by atoms with Crippen LogP contribution in [0, 0.1) is 13.8 Å². The second-order valence-corrected chi connectivity index (χ2v) is 9.01. The molecule has 0 radical (unpaired) electrons. The van der Waals surface area contributed by atoms with Crippen molar-refractivity contribution in [2.45, 2.75) is 32.4 Å². The maximum absolute atomic E-state index is 10.5. The number of hydrogen-bond acceptors (Lipinski definition) is 4. The van der Waals surface area contributed by atoms with Gasteiger partial charge in [-0.2, -0.15) is 0 Å². The molecule has 2 atom stereocenters. The first kappa shape index (κ1) is 22.3. The van der Waals surface area contributed by atoms with Crippen LogP contribution in [-0.4, -0.2) is 56.8 Å². The Morgan fingerprint density at radius 3 is 2.56 bits per heavy atom. The lowest BCUT2D eigenvalue weighted by atomic mass is 9.96. The van der Waals surface area contributed by atoms with Crippen molar-refractivity contribution in [1.82, 2.24) is 24.7 Å². The van der Waals surface area contributed by atoms with Crippen LogP contribution < -0.4 is 5.32 Å². The van der Waals surface area contributed by atoms with Gasteiger partial charge in [0.2, 0.25) is 0 Å². The van der Waals surface area contributed by atoms with Gasteiger partial charge in [-0.05, 0) is 89.0 Å². The number of pyridine rings is 1. The Balaban J connectivity index is 1.78. The highest BCUT2D eigenvalue weighted by Gasteiger charge is 2.41. The number of phenols is 1. The van der Waals surface area contributed by atoms with E-state index in [1.54, 1.807) is 6.07 Å². The van der Waals surface area contributed by atoms with Crippen LogP contribution >= 0.6 is 12.2 Å². The summed E-state index contributed by atoms with van der Waals surface area (Å²) in [4.78, 5) is 9.14. The van der Waals surface area contributed by atoms with Crippen molar-refractivity contribution in [2.24, 2.45) is 0 Å². The van der Waals surface area contributed by atoms with Crippen LogP contribution in [0.3, 0.4) is 0 Å². The van der Waals surface area contributed by atoms with Gasteiger partial charge in [-0.25, -0.2) is 0 Å². The number of nitrogens with zero attached hydrogens (tertiary/aromatic N) is 4. The topological polar surface area (TPSA) is 56.6 Å². The van der Waals surface area contributed by atoms with Gasteiger partial charge in [0.25, 0.3) is 0 Å². The minimum Gasteiger partial charge on any atom is -0.506 e. The van der Waals surface area contributed by atoms with Gasteiger partial charge in [0, 0.05) is 24.1 Å². The fourth-order valence-corrected chi connectivity index (χ4v) is 4.98. The zero-order valence-corrected chi connectivity index (χ0v) is 19.9. The van der Waals surface area contributed by atoms with Gasteiger partial charge in [-0.1, -0.05) is 18.2 Å². The normalized spacial score (nSPS) is 18.4. The maximum atomic E-state index is 10.5. The second kappa shape index (κ2) is 9.30. The third-order valence-electron chi connectivity index (χ3n) is 6.11. The van der Waals surface area contributed by atoms with Crippen LogP contribution in [-0.2, 0) is 0 Å². The van der Waals surface area contributed by atoms with Gasteiger partial charge in [0.05, 0.1) is 23.5 Å². The van der Waals surface area contributed by atoms with Gasteiger partial charge in [0.15, 0.2) is 5.11 Å². The standard InChI is InChI=1S/C25H31N5OS/c1-17-16-19(18(2)30(17)21-11-5-6-12-22(21)31)24-23(20-10-7-8-13-26-20)27-25(32)29(24)15-9-14-28(3)4/h5-8,10-13,16,23-24,31H,9,14-15H2,1-4H3,(H,27,32)/t23-,24+/m1/s1. The lowest BCUT2D eigenvalue weighted by Crippen LogP contribution is -2.32. The Labute approximate surface area is 195 Å². The monoisotopic (exact) mass is 449 g/mol. The number of phenolic OH excluding ortho intramolecular Hbond substituents is 1. The molecule has 1 aliphatic heterocycles. The highest BCUT2D eigenvalue weighted by atomic mass is 32.1. The zero-order chi connectivity index (χ0) is 22.8. The average Bonchev–Trinajstić information content (AvgIpc) is 3.24. The van der Waals surface area contributed by atoms with Crippen LogP contribution in [0.5, 0.6) is 5.75 Å². The molecule has 0 aliphatic carbocycles. The van der Waals surface area contributed by atoms with E-state index in [0.29, 0.717) is 0 Å². The summed E-state index contributed by atoms with van der Waals surface area (Å²) in [6, 6.07) is 15.7. The quantitative estimate of drug-likeness (QED) is 0.529. The van der Waals surface area contributed by atoms with Gasteiger partial charge < -0.3 is 24.8 Å². The van der Waals surface area contributed by atoms with E-state index in [9.17, 15) is 5.11 Å². The molecule has 6 nitrogen and oxygen atoms in total. The first-order chi connectivity index (χ1) is 15.4. The summed E-state index contributed by atoms with van der Waals surface area (Å²) in [5.74, 6) is 0.269. The molecule has 1 aromatic carbocycles. The van der Waals surface area contributed by atoms with Crippen molar-refractivity contribution in [2.75, 3.05) is 27.2 Å². The number of aryl methyl sites for hydroxylation is 1. The molecule has 1 aliphatic rings. The number of hydrogen-bond donors (Lipinski definition) is 2. The van der Waals surface area contributed by atoms with Crippen LogP contribution in [0.15, 0.2) is 54.7 Å². The van der Waals surface area contributed by atoms with E-state index in [1.807, 2.05) is 36.5 Å². The fourth-order valence-electron chi connectivity index (χ4n) is 4.65. The number of nitrogens with one attached hydrogen (secondary N) is 1. The molecule has 4 rings (SSSR count). The van der Waals surface area contributed by atoms with Crippen LogP contribution in [0.25, 0.3) is 5.69 Å². The van der Waals surface area contributed by atoms with Gasteiger partial charge >= 0.3 is 0 Å². The second-order valence-electron chi connectivity index (χ2n) is 8.63. The van der Waals surface area contributed by atoms with Crippen LogP contribution in [0.1, 0.15) is 41.1 Å². The number of benzene rings is 1. The number of rotatable bonds is 7. The smallest absolute Gasteiger partial charge is 0.170 e. The summed E-state index contributed by atoms with van der Waals surface area (Å²) in [5, 5.41) is 14.8. The predicted molar refractivity (Wildman–Crippen MR) is 132 cm³/mol. The summed E-state index contributed by atoms with van der Waals surface area (Å²) in [6.07, 6.45) is 2.84. The summed E-state index contributed by atoms with van der Waals surface area (Å²) >= 11 is 5.80. The molecule has 0 spiro atoms. The minimum absolute atomic E-state index is 0.0189. The molecule has 3 aromatic rings. The van der Waals surface area contributed by atoms with Crippen molar-refractivity contribution in [1.29, 1.82) is 0 Å². The third kappa shape index (κ3) is 4.23. The van der Waals surface area contributed by atoms with E-state index in [1.165, 1.54) is 5.56 Å². The predicted octanol–water partition coefficient (Wildman–Crippen LogP) is 4.12. The Kier molecular flexibility index (Phi) is 6.48. The van der Waals surface area contributed by atoms with Crippen LogP contribution in [0.2, 0.25) is 0 Å². The fraction of sp³-hybridized carbons (Fsp3) is 0.360. The Morgan fingerprint density at radius 1 is 1.12 bits per heavy atom. The lowest BCUT2D eigenvalue weighted by Gasteiger charge is -2.28. The Morgan fingerprint density at radius 2 is 1.88 bits per heavy atom. The molecular weight excluding hydrogens is 418 g/mol. The Bertz CT molecular complexity index is 1090. The minimum atomic E-state index is -0.0404. The highest BCUT2D eigenvalue weighted by Crippen LogP contribution is 2.42. The first-order valence-corrected chi connectivity index (χ1v) is 11.4. The largest absolute Gasteiger partial charge is 0.506 e. The zero-order valence-electron chi connectivity index (χ0n) is 19.1. The summed E-state index contributed by atoms with van der Waals surface area (Å²) in [7, 11) is 4.18. The number of aromatic nitrogens is 2. The van der Waals surface area contributed by atoms with Gasteiger partial charge in [-0.15, -0.1) is 0 Å². The molecule has 7 heteroatoms. The molecule has 0 amide bonds. The van der Waals surface area contributed by atoms with E-state index >= 15 is 0 Å². The van der Waals surface area contributed by atoms with Crippen molar-refractivity contribution in [3.63, 3.8) is 0 Å². The van der Waals surface area contributed by atoms with E-state index in [0.717, 1.165) is 47.4 Å². The lowest BCUT2D eigenvalue weighted by molar-refractivity contribution is 0.292. The molecule has 32 heavy (non-hydrogen) atoms. The number of para-hydroxylation sites is 2. The van der Waals surface area contributed by atoms with Gasteiger partial charge in [-0.3, -0.25) is 4.98 Å². The molecule has 168 valence electrons. The van der Waals surface area contributed by atoms with E-state index in [-0.39, 0.29) is 17.8 Å². The molecule has 1 fully saturated rings.